The third-order valence-corrected chi connectivity index (χ3v) is 7.14. The van der Waals surface area contributed by atoms with Crippen LogP contribution >= 0.6 is 34.5 Å². The Bertz CT molecular complexity index is 1210. The normalized spacial score (nSPS) is 15.1. The standard InChI is InChI=1S/C25H21Cl2FN2O2S/c1-2-10-29(25(32)16-4-3-5-18(28)13-16)15-23(31)30-11-8-22-20(9-12-33-22)24(30)19-7-6-17(26)14-21(19)27/h2-7,9,12-14,24H,1,8,10-11,15H2. The Labute approximate surface area is 205 Å². The van der Waals surface area contributed by atoms with Crippen LogP contribution in [0.25, 0.3) is 0 Å². The molecule has 0 saturated carbocycles. The van der Waals surface area contributed by atoms with E-state index < -0.39 is 11.7 Å². The molecule has 0 N–H and O–H groups in total. The van der Waals surface area contributed by atoms with Crippen LogP contribution in [0.15, 0.2) is 66.6 Å². The predicted molar refractivity (Wildman–Crippen MR) is 131 cm³/mol. The number of nitrogens with zero attached hydrogens (tertiary/aromatic N) is 2. The molecule has 2 heterocycles. The second kappa shape index (κ2) is 10.1. The van der Waals surface area contributed by atoms with E-state index in [0.717, 1.165) is 23.6 Å². The molecule has 4 nitrogen and oxygen atoms in total. The van der Waals surface area contributed by atoms with Gasteiger partial charge in [-0.25, -0.2) is 4.39 Å². The zero-order valence-corrected chi connectivity index (χ0v) is 20.0. The number of hydrogen-bond acceptors (Lipinski definition) is 3. The lowest BCUT2D eigenvalue weighted by molar-refractivity contribution is -0.133. The van der Waals surface area contributed by atoms with E-state index in [1.807, 2.05) is 17.5 Å². The maximum absolute atomic E-state index is 13.7. The Kier molecular flexibility index (Phi) is 7.17. The van der Waals surface area contributed by atoms with Crippen molar-refractivity contribution in [1.82, 2.24) is 9.80 Å². The van der Waals surface area contributed by atoms with Crippen LogP contribution < -0.4 is 0 Å². The molecular formula is C25H21Cl2FN2O2S. The summed E-state index contributed by atoms with van der Waals surface area (Å²) in [4.78, 5) is 30.9. The zero-order valence-electron chi connectivity index (χ0n) is 17.6. The van der Waals surface area contributed by atoms with Crippen molar-refractivity contribution in [3.05, 3.63) is 104 Å². The minimum absolute atomic E-state index is 0.158. The summed E-state index contributed by atoms with van der Waals surface area (Å²) in [6.07, 6.45) is 2.27. The smallest absolute Gasteiger partial charge is 0.254 e. The SMILES string of the molecule is C=CCN(CC(=O)N1CCc2sccc2C1c1ccc(Cl)cc1Cl)C(=O)c1cccc(F)c1. The molecule has 1 aromatic heterocycles. The monoisotopic (exact) mass is 502 g/mol. The number of amides is 2. The lowest BCUT2D eigenvalue weighted by atomic mass is 9.93. The van der Waals surface area contributed by atoms with Crippen molar-refractivity contribution in [1.29, 1.82) is 0 Å². The summed E-state index contributed by atoms with van der Waals surface area (Å²) in [6, 6.07) is 12.3. The summed E-state index contributed by atoms with van der Waals surface area (Å²) in [7, 11) is 0. The number of carbonyl (C=O) groups is 2. The first-order valence-corrected chi connectivity index (χ1v) is 12.0. The third kappa shape index (κ3) is 4.98. The Hall–Kier alpha value is -2.67. The van der Waals surface area contributed by atoms with Gasteiger partial charge in [0.1, 0.15) is 12.4 Å². The van der Waals surface area contributed by atoms with Crippen molar-refractivity contribution >= 4 is 46.4 Å². The molecule has 1 aliphatic rings. The van der Waals surface area contributed by atoms with Crippen LogP contribution in [0.5, 0.6) is 0 Å². The molecule has 0 bridgehead atoms. The molecule has 2 aromatic carbocycles. The Morgan fingerprint density at radius 2 is 2.00 bits per heavy atom. The van der Waals surface area contributed by atoms with Gasteiger partial charge in [-0.3, -0.25) is 9.59 Å². The minimum atomic E-state index is -0.510. The van der Waals surface area contributed by atoms with Crippen LogP contribution in [0.3, 0.4) is 0 Å². The predicted octanol–water partition coefficient (Wildman–Crippen LogP) is 6.00. The fraction of sp³-hybridized carbons (Fsp3) is 0.200. The largest absolute Gasteiger partial charge is 0.330 e. The van der Waals surface area contributed by atoms with Gasteiger partial charge in [-0.05, 0) is 59.3 Å². The number of rotatable bonds is 6. The van der Waals surface area contributed by atoms with Gasteiger partial charge in [-0.2, -0.15) is 0 Å². The van der Waals surface area contributed by atoms with Crippen molar-refractivity contribution < 1.29 is 14.0 Å². The third-order valence-electron chi connectivity index (χ3n) is 5.58. The van der Waals surface area contributed by atoms with Gasteiger partial charge in [0.25, 0.3) is 5.91 Å². The van der Waals surface area contributed by atoms with Crippen LogP contribution in [0.4, 0.5) is 4.39 Å². The van der Waals surface area contributed by atoms with Crippen molar-refractivity contribution in [3.63, 3.8) is 0 Å². The summed E-state index contributed by atoms with van der Waals surface area (Å²) in [6.45, 7) is 4.18. The number of hydrogen-bond donors (Lipinski definition) is 0. The molecule has 1 atom stereocenters. The van der Waals surface area contributed by atoms with Gasteiger partial charge in [0.2, 0.25) is 5.91 Å². The summed E-state index contributed by atoms with van der Waals surface area (Å²) in [5.41, 5.74) is 1.98. The molecule has 33 heavy (non-hydrogen) atoms. The maximum atomic E-state index is 13.7. The molecule has 1 aliphatic heterocycles. The summed E-state index contributed by atoms with van der Waals surface area (Å²) < 4.78 is 13.7. The molecule has 0 spiro atoms. The molecule has 1 unspecified atom stereocenters. The summed E-state index contributed by atoms with van der Waals surface area (Å²) >= 11 is 14.3. The van der Waals surface area contributed by atoms with E-state index in [1.165, 1.54) is 28.0 Å². The van der Waals surface area contributed by atoms with E-state index in [0.29, 0.717) is 16.6 Å². The zero-order chi connectivity index (χ0) is 23.5. The lowest BCUT2D eigenvalue weighted by Crippen LogP contribution is -2.46. The topological polar surface area (TPSA) is 40.6 Å². The van der Waals surface area contributed by atoms with Crippen LogP contribution in [0, 0.1) is 5.82 Å². The highest BCUT2D eigenvalue weighted by molar-refractivity contribution is 7.10. The van der Waals surface area contributed by atoms with E-state index in [2.05, 4.69) is 6.58 Å². The van der Waals surface area contributed by atoms with Crippen LogP contribution in [-0.4, -0.2) is 41.2 Å². The number of benzene rings is 2. The first-order chi connectivity index (χ1) is 15.9. The van der Waals surface area contributed by atoms with Gasteiger partial charge in [-0.1, -0.05) is 41.4 Å². The van der Waals surface area contributed by atoms with Crippen LogP contribution in [0.2, 0.25) is 10.0 Å². The second-order valence-corrected chi connectivity index (χ2v) is 9.53. The number of fused-ring (bicyclic) bond motifs is 1. The second-order valence-electron chi connectivity index (χ2n) is 7.69. The highest BCUT2D eigenvalue weighted by Crippen LogP contribution is 2.41. The Morgan fingerprint density at radius 3 is 2.73 bits per heavy atom. The first-order valence-electron chi connectivity index (χ1n) is 10.4. The van der Waals surface area contributed by atoms with E-state index in [4.69, 9.17) is 23.2 Å². The maximum Gasteiger partial charge on any atom is 0.254 e. The molecule has 0 fully saturated rings. The van der Waals surface area contributed by atoms with Gasteiger partial charge < -0.3 is 9.80 Å². The summed E-state index contributed by atoms with van der Waals surface area (Å²) in [5.74, 6) is -1.17. The van der Waals surface area contributed by atoms with Crippen molar-refractivity contribution in [2.24, 2.45) is 0 Å². The van der Waals surface area contributed by atoms with Gasteiger partial charge in [-0.15, -0.1) is 17.9 Å². The van der Waals surface area contributed by atoms with Crippen molar-refractivity contribution in [2.45, 2.75) is 12.5 Å². The molecule has 0 saturated heterocycles. The average Bonchev–Trinajstić information content (AvgIpc) is 3.27. The van der Waals surface area contributed by atoms with E-state index in [9.17, 15) is 14.0 Å². The van der Waals surface area contributed by atoms with Gasteiger partial charge in [0.05, 0.1) is 6.04 Å². The molecule has 0 aliphatic carbocycles. The van der Waals surface area contributed by atoms with Gasteiger partial charge in [0.15, 0.2) is 0 Å². The quantitative estimate of drug-likeness (QED) is 0.388. The van der Waals surface area contributed by atoms with Crippen molar-refractivity contribution in [3.8, 4) is 0 Å². The molecule has 0 radical (unpaired) electrons. The van der Waals surface area contributed by atoms with Crippen LogP contribution in [0.1, 0.15) is 32.4 Å². The van der Waals surface area contributed by atoms with Gasteiger partial charge in [0, 0.05) is 33.6 Å². The lowest BCUT2D eigenvalue weighted by Gasteiger charge is -2.38. The summed E-state index contributed by atoms with van der Waals surface area (Å²) in [5, 5.41) is 3.00. The first kappa shape index (κ1) is 23.5. The van der Waals surface area contributed by atoms with E-state index in [1.54, 1.807) is 34.4 Å². The number of carbonyl (C=O) groups excluding carboxylic acids is 2. The molecular weight excluding hydrogens is 482 g/mol. The molecule has 170 valence electrons. The van der Waals surface area contributed by atoms with E-state index >= 15 is 0 Å². The van der Waals surface area contributed by atoms with Crippen LogP contribution in [-0.2, 0) is 11.2 Å². The minimum Gasteiger partial charge on any atom is -0.330 e. The number of thiophene rings is 1. The highest BCUT2D eigenvalue weighted by atomic mass is 35.5. The molecule has 8 heteroatoms. The molecule has 4 rings (SSSR count). The Morgan fingerprint density at radius 1 is 1.18 bits per heavy atom. The molecule has 2 amide bonds. The fourth-order valence-corrected chi connectivity index (χ4v) is 5.49. The average molecular weight is 503 g/mol. The fourth-order valence-electron chi connectivity index (χ4n) is 4.08. The van der Waals surface area contributed by atoms with E-state index in [-0.39, 0.29) is 30.6 Å². The molecule has 3 aromatic rings. The highest BCUT2D eigenvalue weighted by Gasteiger charge is 2.35. The number of halogens is 3. The van der Waals surface area contributed by atoms with Crippen molar-refractivity contribution in [2.75, 3.05) is 19.6 Å². The Balaban J connectivity index is 1.65. The van der Waals surface area contributed by atoms with Gasteiger partial charge >= 0.3 is 0 Å².